The molecule has 0 aliphatic carbocycles. The summed E-state index contributed by atoms with van der Waals surface area (Å²) in [5.74, 6) is 1.07. The van der Waals surface area contributed by atoms with Crippen LogP contribution >= 0.6 is 0 Å². The highest BCUT2D eigenvalue weighted by Crippen LogP contribution is 2.29. The number of rotatable bonds is 9. The van der Waals surface area contributed by atoms with E-state index >= 15 is 0 Å². The average molecular weight is 448 g/mol. The van der Waals surface area contributed by atoms with Crippen molar-refractivity contribution in [3.63, 3.8) is 0 Å². The van der Waals surface area contributed by atoms with Crippen molar-refractivity contribution in [1.82, 2.24) is 24.7 Å². The number of aryl methyl sites for hydroxylation is 3. The molecule has 1 amide bonds. The Labute approximate surface area is 180 Å². The van der Waals surface area contributed by atoms with Crippen molar-refractivity contribution in [2.24, 2.45) is 7.05 Å². The van der Waals surface area contributed by atoms with Crippen LogP contribution in [0.4, 0.5) is 0 Å². The van der Waals surface area contributed by atoms with Crippen molar-refractivity contribution >= 4 is 15.9 Å². The molecule has 0 unspecified atom stereocenters. The first-order valence-corrected chi connectivity index (χ1v) is 11.0. The molecule has 2 aromatic heterocycles. The monoisotopic (exact) mass is 447 g/mol. The molecule has 31 heavy (non-hydrogen) atoms. The number of methoxy groups -OCH3 is 1. The van der Waals surface area contributed by atoms with Gasteiger partial charge in [-0.15, -0.1) is 0 Å². The van der Waals surface area contributed by atoms with Gasteiger partial charge in [0.15, 0.2) is 5.76 Å². The lowest BCUT2D eigenvalue weighted by molar-refractivity contribution is -0.121. The van der Waals surface area contributed by atoms with E-state index in [4.69, 9.17) is 9.26 Å². The lowest BCUT2D eigenvalue weighted by atomic mass is 10.0. The van der Waals surface area contributed by atoms with Crippen LogP contribution in [-0.4, -0.2) is 42.7 Å². The number of para-hydroxylation sites is 1. The van der Waals surface area contributed by atoms with Crippen LogP contribution < -0.4 is 14.8 Å². The summed E-state index contributed by atoms with van der Waals surface area (Å²) in [6.07, 6.45) is 3.35. The van der Waals surface area contributed by atoms with E-state index < -0.39 is 16.1 Å². The second kappa shape index (κ2) is 9.31. The number of nitrogens with zero attached hydrogens (tertiary/aromatic N) is 3. The van der Waals surface area contributed by atoms with Crippen LogP contribution in [0.25, 0.3) is 0 Å². The molecule has 0 bridgehead atoms. The second-order valence-electron chi connectivity index (χ2n) is 6.94. The minimum absolute atomic E-state index is 0.00665. The molecule has 10 nitrogen and oxygen atoms in total. The molecule has 0 saturated heterocycles. The van der Waals surface area contributed by atoms with Gasteiger partial charge in [0.2, 0.25) is 15.9 Å². The Balaban J connectivity index is 1.72. The van der Waals surface area contributed by atoms with Gasteiger partial charge in [-0.1, -0.05) is 23.4 Å². The first kappa shape index (κ1) is 22.5. The number of hydrogen-bond donors (Lipinski definition) is 2. The number of aromatic nitrogens is 3. The lowest BCUT2D eigenvalue weighted by Gasteiger charge is -2.21. The molecule has 11 heteroatoms. The molecule has 2 heterocycles. The van der Waals surface area contributed by atoms with Crippen molar-refractivity contribution in [3.8, 4) is 5.75 Å². The third kappa shape index (κ3) is 4.94. The molecule has 0 fully saturated rings. The summed E-state index contributed by atoms with van der Waals surface area (Å²) in [5, 5.41) is 6.58. The largest absolute Gasteiger partial charge is 0.496 e. The third-order valence-corrected chi connectivity index (χ3v) is 6.46. The van der Waals surface area contributed by atoms with Gasteiger partial charge in [-0.05, 0) is 19.9 Å². The second-order valence-corrected chi connectivity index (χ2v) is 8.64. The van der Waals surface area contributed by atoms with Gasteiger partial charge < -0.3 is 19.1 Å². The zero-order valence-electron chi connectivity index (χ0n) is 17.7. The molecule has 0 saturated carbocycles. The Morgan fingerprint density at radius 2 is 2.03 bits per heavy atom. The van der Waals surface area contributed by atoms with E-state index in [-0.39, 0.29) is 35.2 Å². The normalized spacial score (nSPS) is 12.5. The minimum Gasteiger partial charge on any atom is -0.496 e. The zero-order valence-corrected chi connectivity index (χ0v) is 18.6. The Hall–Kier alpha value is -3.18. The predicted octanol–water partition coefficient (Wildman–Crippen LogP) is 1.61. The Morgan fingerprint density at radius 3 is 2.65 bits per heavy atom. The summed E-state index contributed by atoms with van der Waals surface area (Å²) in [5.41, 5.74) is 1.00. The van der Waals surface area contributed by atoms with E-state index in [2.05, 4.69) is 20.2 Å². The molecule has 0 aliphatic rings. The zero-order chi connectivity index (χ0) is 22.6. The van der Waals surface area contributed by atoms with Crippen molar-refractivity contribution in [2.75, 3.05) is 13.7 Å². The van der Waals surface area contributed by atoms with E-state index in [9.17, 15) is 13.2 Å². The standard InChI is InChI=1S/C20H25N5O5S/c1-13-19(14(2)30-24-13)31(27,28)22-10-9-17(26)23-18(20-21-11-12-25(20)3)15-7-5-6-8-16(15)29-4/h5-8,11-12,18,22H,9-10H2,1-4H3,(H,23,26)/t18-/m0/s1. The van der Waals surface area contributed by atoms with Crippen LogP contribution in [0.5, 0.6) is 5.75 Å². The van der Waals surface area contributed by atoms with E-state index in [0.29, 0.717) is 11.6 Å². The van der Waals surface area contributed by atoms with Crippen molar-refractivity contribution < 1.29 is 22.5 Å². The maximum atomic E-state index is 12.7. The highest BCUT2D eigenvalue weighted by molar-refractivity contribution is 7.89. The molecule has 3 aromatic rings. The number of amides is 1. The van der Waals surface area contributed by atoms with Gasteiger partial charge in [-0.2, -0.15) is 0 Å². The molecule has 2 N–H and O–H groups in total. The molecule has 1 atom stereocenters. The van der Waals surface area contributed by atoms with Crippen LogP contribution in [0.3, 0.4) is 0 Å². The van der Waals surface area contributed by atoms with Crippen molar-refractivity contribution in [3.05, 3.63) is 59.5 Å². The van der Waals surface area contributed by atoms with Crippen molar-refractivity contribution in [2.45, 2.75) is 31.2 Å². The first-order chi connectivity index (χ1) is 14.7. The molecule has 0 radical (unpaired) electrons. The summed E-state index contributed by atoms with van der Waals surface area (Å²) >= 11 is 0. The lowest BCUT2D eigenvalue weighted by Crippen LogP contribution is -2.34. The Morgan fingerprint density at radius 1 is 1.29 bits per heavy atom. The van der Waals surface area contributed by atoms with Crippen molar-refractivity contribution in [1.29, 1.82) is 0 Å². The van der Waals surface area contributed by atoms with Crippen LogP contribution in [0.15, 0.2) is 46.1 Å². The highest BCUT2D eigenvalue weighted by Gasteiger charge is 2.26. The van der Waals surface area contributed by atoms with Crippen LogP contribution in [0.1, 0.15) is 35.3 Å². The maximum Gasteiger partial charge on any atom is 0.245 e. The van der Waals surface area contributed by atoms with E-state index in [0.717, 1.165) is 5.56 Å². The molecule has 0 spiro atoms. The smallest absolute Gasteiger partial charge is 0.245 e. The van der Waals surface area contributed by atoms with Crippen LogP contribution in [0.2, 0.25) is 0 Å². The molecule has 3 rings (SSSR count). The minimum atomic E-state index is -3.84. The highest BCUT2D eigenvalue weighted by atomic mass is 32.2. The Kier molecular flexibility index (Phi) is 6.76. The number of carbonyl (C=O) groups is 1. The number of imidazole rings is 1. The summed E-state index contributed by atoms with van der Waals surface area (Å²) in [6.45, 7) is 2.98. The fourth-order valence-corrected chi connectivity index (χ4v) is 4.66. The van der Waals surface area contributed by atoms with Gasteiger partial charge in [-0.3, -0.25) is 4.79 Å². The number of hydrogen-bond acceptors (Lipinski definition) is 7. The molecule has 1 aromatic carbocycles. The van der Waals surface area contributed by atoms with Gasteiger partial charge in [0.1, 0.15) is 28.2 Å². The summed E-state index contributed by atoms with van der Waals surface area (Å²) < 4.78 is 39.6. The number of carbonyl (C=O) groups excluding carboxylic acids is 1. The fraction of sp³-hybridized carbons (Fsp3) is 0.350. The van der Waals surface area contributed by atoms with Gasteiger partial charge in [0, 0.05) is 38.0 Å². The molecular weight excluding hydrogens is 422 g/mol. The van der Waals surface area contributed by atoms with Gasteiger partial charge >= 0.3 is 0 Å². The summed E-state index contributed by atoms with van der Waals surface area (Å²) in [6, 6.07) is 6.76. The quantitative estimate of drug-likeness (QED) is 0.510. The summed E-state index contributed by atoms with van der Waals surface area (Å²) in [7, 11) is -0.455. The summed E-state index contributed by atoms with van der Waals surface area (Å²) in [4.78, 5) is 17.0. The number of ether oxygens (including phenoxy) is 1. The van der Waals surface area contributed by atoms with E-state index in [1.54, 1.807) is 37.1 Å². The molecule has 166 valence electrons. The predicted molar refractivity (Wildman–Crippen MR) is 112 cm³/mol. The van der Waals surface area contributed by atoms with E-state index in [1.165, 1.54) is 6.92 Å². The third-order valence-electron chi connectivity index (χ3n) is 4.75. The van der Waals surface area contributed by atoms with E-state index in [1.807, 2.05) is 25.2 Å². The SMILES string of the molecule is COc1ccccc1[C@H](NC(=O)CCNS(=O)(=O)c1c(C)noc1C)c1nccn1C. The molecular formula is C20H25N5O5S. The van der Waals surface area contributed by atoms with Gasteiger partial charge in [0.25, 0.3) is 0 Å². The number of sulfonamides is 1. The first-order valence-electron chi connectivity index (χ1n) is 9.56. The molecule has 0 aliphatic heterocycles. The average Bonchev–Trinajstić information content (AvgIpc) is 3.31. The maximum absolute atomic E-state index is 12.7. The van der Waals surface area contributed by atoms with Gasteiger partial charge in [-0.25, -0.2) is 18.1 Å². The van der Waals surface area contributed by atoms with Crippen LogP contribution in [-0.2, 0) is 21.9 Å². The topological polar surface area (TPSA) is 128 Å². The van der Waals surface area contributed by atoms with Gasteiger partial charge in [0.05, 0.1) is 7.11 Å². The Bertz CT molecular complexity index is 1150. The number of nitrogens with one attached hydrogen (secondary N) is 2. The number of benzene rings is 1. The fourth-order valence-electron chi connectivity index (χ4n) is 3.30. The van der Waals surface area contributed by atoms with Crippen LogP contribution in [0, 0.1) is 13.8 Å².